The van der Waals surface area contributed by atoms with Gasteiger partial charge in [-0.2, -0.15) is 13.2 Å². The lowest BCUT2D eigenvalue weighted by Crippen LogP contribution is -2.29. The highest BCUT2D eigenvalue weighted by molar-refractivity contribution is 6.00. The summed E-state index contributed by atoms with van der Waals surface area (Å²) in [5, 5.41) is 2.48. The molecule has 0 aliphatic heterocycles. The van der Waals surface area contributed by atoms with E-state index < -0.39 is 29.3 Å². The molecule has 4 nitrogen and oxygen atoms in total. The SMILES string of the molecule is CC(NC(=O)c1cnc2ccccc2c1C(F)(F)F)c1ccncc1. The first kappa shape index (κ1) is 16.9. The Kier molecular flexibility index (Phi) is 4.39. The Hall–Kier alpha value is -2.96. The molecule has 2 heterocycles. The van der Waals surface area contributed by atoms with Crippen LogP contribution in [0.2, 0.25) is 0 Å². The zero-order valence-corrected chi connectivity index (χ0v) is 13.2. The summed E-state index contributed by atoms with van der Waals surface area (Å²) >= 11 is 0. The highest BCUT2D eigenvalue weighted by Gasteiger charge is 2.37. The van der Waals surface area contributed by atoms with Crippen LogP contribution in [0.3, 0.4) is 0 Å². The Morgan fingerprint density at radius 2 is 1.80 bits per heavy atom. The van der Waals surface area contributed by atoms with Crippen molar-refractivity contribution in [3.63, 3.8) is 0 Å². The molecule has 0 saturated heterocycles. The molecule has 1 N–H and O–H groups in total. The largest absolute Gasteiger partial charge is 0.417 e. The number of aromatic nitrogens is 2. The van der Waals surface area contributed by atoms with E-state index in [9.17, 15) is 18.0 Å². The van der Waals surface area contributed by atoms with E-state index in [4.69, 9.17) is 0 Å². The lowest BCUT2D eigenvalue weighted by molar-refractivity contribution is -0.136. The second-order valence-electron chi connectivity index (χ2n) is 5.54. The Morgan fingerprint density at radius 3 is 2.48 bits per heavy atom. The highest BCUT2D eigenvalue weighted by Crippen LogP contribution is 2.36. The standard InChI is InChI=1S/C18H14F3N3O/c1-11(12-6-8-22-9-7-12)24-17(25)14-10-23-15-5-3-2-4-13(15)16(14)18(19,20)21/h2-11H,1H3,(H,24,25). The van der Waals surface area contributed by atoms with E-state index in [2.05, 4.69) is 15.3 Å². The Morgan fingerprint density at radius 1 is 1.12 bits per heavy atom. The molecule has 128 valence electrons. The van der Waals surface area contributed by atoms with Crippen molar-refractivity contribution < 1.29 is 18.0 Å². The molecule has 0 radical (unpaired) electrons. The van der Waals surface area contributed by atoms with E-state index >= 15 is 0 Å². The first-order valence-corrected chi connectivity index (χ1v) is 7.53. The average molecular weight is 345 g/mol. The zero-order chi connectivity index (χ0) is 18.0. The average Bonchev–Trinajstić information content (AvgIpc) is 2.60. The van der Waals surface area contributed by atoms with E-state index in [1.807, 2.05) is 0 Å². The number of benzene rings is 1. The number of alkyl halides is 3. The van der Waals surface area contributed by atoms with Crippen LogP contribution in [-0.2, 0) is 6.18 Å². The van der Waals surface area contributed by atoms with Gasteiger partial charge in [0.1, 0.15) is 0 Å². The zero-order valence-electron chi connectivity index (χ0n) is 13.2. The number of carbonyl (C=O) groups is 1. The van der Waals surface area contributed by atoms with E-state index in [1.165, 1.54) is 18.2 Å². The summed E-state index contributed by atoms with van der Waals surface area (Å²) in [6.45, 7) is 1.69. The van der Waals surface area contributed by atoms with E-state index in [-0.39, 0.29) is 10.9 Å². The molecule has 1 unspecified atom stereocenters. The lowest BCUT2D eigenvalue weighted by Gasteiger charge is -2.18. The molecule has 7 heteroatoms. The number of nitrogens with zero attached hydrogens (tertiary/aromatic N) is 2. The van der Waals surface area contributed by atoms with Crippen molar-refractivity contribution in [2.75, 3.05) is 0 Å². The fourth-order valence-electron chi connectivity index (χ4n) is 2.63. The van der Waals surface area contributed by atoms with Crippen LogP contribution in [0.4, 0.5) is 13.2 Å². The van der Waals surface area contributed by atoms with E-state index in [0.717, 1.165) is 11.8 Å². The summed E-state index contributed by atoms with van der Waals surface area (Å²) in [5.41, 5.74) is -0.538. The number of fused-ring (bicyclic) bond motifs is 1. The molecule has 0 bridgehead atoms. The van der Waals surface area contributed by atoms with Crippen LogP contribution < -0.4 is 5.32 Å². The second-order valence-corrected chi connectivity index (χ2v) is 5.54. The molecule has 25 heavy (non-hydrogen) atoms. The van der Waals surface area contributed by atoms with Crippen LogP contribution in [0.15, 0.2) is 55.0 Å². The number of nitrogens with one attached hydrogen (secondary N) is 1. The molecule has 3 aromatic rings. The van der Waals surface area contributed by atoms with E-state index in [1.54, 1.807) is 37.5 Å². The Balaban J connectivity index is 2.02. The molecule has 0 aliphatic rings. The van der Waals surface area contributed by atoms with Crippen molar-refractivity contribution in [1.82, 2.24) is 15.3 Å². The molecule has 3 rings (SSSR count). The first-order valence-electron chi connectivity index (χ1n) is 7.53. The number of pyridine rings is 2. The molecule has 0 fully saturated rings. The van der Waals surface area contributed by atoms with Gasteiger partial charge in [0.25, 0.3) is 5.91 Å². The van der Waals surface area contributed by atoms with Gasteiger partial charge in [0.15, 0.2) is 0 Å². The molecular weight excluding hydrogens is 331 g/mol. The molecule has 1 aromatic carbocycles. The third-order valence-corrected chi connectivity index (χ3v) is 3.86. The summed E-state index contributed by atoms with van der Waals surface area (Å²) in [6, 6.07) is 8.78. The summed E-state index contributed by atoms with van der Waals surface area (Å²) in [7, 11) is 0. The second kappa shape index (κ2) is 6.51. The molecule has 0 aliphatic carbocycles. The minimum atomic E-state index is -4.67. The number of para-hydroxylation sites is 1. The van der Waals surface area contributed by atoms with Gasteiger partial charge >= 0.3 is 6.18 Å². The third kappa shape index (κ3) is 3.45. The smallest absolute Gasteiger partial charge is 0.345 e. The quantitative estimate of drug-likeness (QED) is 0.776. The normalized spacial score (nSPS) is 12.8. The monoisotopic (exact) mass is 345 g/mol. The van der Waals surface area contributed by atoms with Crippen LogP contribution in [-0.4, -0.2) is 15.9 Å². The molecule has 2 aromatic heterocycles. The fourth-order valence-corrected chi connectivity index (χ4v) is 2.63. The molecule has 1 atom stereocenters. The van der Waals surface area contributed by atoms with E-state index in [0.29, 0.717) is 0 Å². The summed E-state index contributed by atoms with van der Waals surface area (Å²) in [6.07, 6.45) is -0.595. The molecular formula is C18H14F3N3O. The number of hydrogen-bond acceptors (Lipinski definition) is 3. The minimum Gasteiger partial charge on any atom is -0.345 e. The van der Waals surface area contributed by atoms with Crippen LogP contribution in [0, 0.1) is 0 Å². The van der Waals surface area contributed by atoms with Crippen LogP contribution in [0.5, 0.6) is 0 Å². The highest BCUT2D eigenvalue weighted by atomic mass is 19.4. The molecule has 0 saturated carbocycles. The predicted octanol–water partition coefficient (Wildman–Crippen LogP) is 4.14. The first-order chi connectivity index (χ1) is 11.9. The summed E-state index contributed by atoms with van der Waals surface area (Å²) in [5.74, 6) is -0.824. The summed E-state index contributed by atoms with van der Waals surface area (Å²) in [4.78, 5) is 20.3. The predicted molar refractivity (Wildman–Crippen MR) is 86.9 cm³/mol. The number of hydrogen-bond donors (Lipinski definition) is 1. The van der Waals surface area contributed by atoms with Gasteiger partial charge in [-0.15, -0.1) is 0 Å². The van der Waals surface area contributed by atoms with Crippen molar-refractivity contribution in [2.45, 2.75) is 19.1 Å². The van der Waals surface area contributed by atoms with Crippen molar-refractivity contribution in [3.05, 3.63) is 71.7 Å². The molecule has 0 spiro atoms. The molecule has 1 amide bonds. The van der Waals surface area contributed by atoms with Crippen molar-refractivity contribution >= 4 is 16.8 Å². The third-order valence-electron chi connectivity index (χ3n) is 3.86. The number of rotatable bonds is 3. The maximum absolute atomic E-state index is 13.6. The van der Waals surface area contributed by atoms with Crippen LogP contribution in [0.25, 0.3) is 10.9 Å². The Bertz CT molecular complexity index is 910. The Labute approximate surface area is 141 Å². The van der Waals surface area contributed by atoms with Gasteiger partial charge in [0.2, 0.25) is 0 Å². The van der Waals surface area contributed by atoms with Gasteiger partial charge in [-0.25, -0.2) is 0 Å². The van der Waals surface area contributed by atoms with Gasteiger partial charge in [-0.3, -0.25) is 14.8 Å². The van der Waals surface area contributed by atoms with Crippen molar-refractivity contribution in [2.24, 2.45) is 0 Å². The van der Waals surface area contributed by atoms with Gasteiger partial charge in [0, 0.05) is 24.0 Å². The van der Waals surface area contributed by atoms with Crippen LogP contribution >= 0.6 is 0 Å². The van der Waals surface area contributed by atoms with Gasteiger partial charge < -0.3 is 5.32 Å². The van der Waals surface area contributed by atoms with Crippen molar-refractivity contribution in [1.29, 1.82) is 0 Å². The maximum atomic E-state index is 13.6. The van der Waals surface area contributed by atoms with Crippen LogP contribution in [0.1, 0.15) is 34.5 Å². The fraction of sp³-hybridized carbons (Fsp3) is 0.167. The number of halogens is 3. The maximum Gasteiger partial charge on any atom is 0.417 e. The topological polar surface area (TPSA) is 54.9 Å². The number of amides is 1. The van der Waals surface area contributed by atoms with Gasteiger partial charge in [-0.05, 0) is 30.7 Å². The van der Waals surface area contributed by atoms with Gasteiger partial charge in [0.05, 0.1) is 22.7 Å². The number of carbonyl (C=O) groups excluding carboxylic acids is 1. The van der Waals surface area contributed by atoms with Crippen molar-refractivity contribution in [3.8, 4) is 0 Å². The van der Waals surface area contributed by atoms with Gasteiger partial charge in [-0.1, -0.05) is 18.2 Å². The summed E-state index contributed by atoms with van der Waals surface area (Å²) < 4.78 is 40.7. The minimum absolute atomic E-state index is 0.0979. The lowest BCUT2D eigenvalue weighted by atomic mass is 10.0.